The molecule has 0 atom stereocenters. The molecule has 1 heterocycles. The van der Waals surface area contributed by atoms with Gasteiger partial charge in [-0.25, -0.2) is 0 Å². The van der Waals surface area contributed by atoms with Gasteiger partial charge in [-0.2, -0.15) is 0 Å². The van der Waals surface area contributed by atoms with E-state index in [0.717, 1.165) is 17.0 Å². The lowest BCUT2D eigenvalue weighted by molar-refractivity contribution is 0.446. The average Bonchev–Trinajstić information content (AvgIpc) is 2.43. The second-order valence-corrected chi connectivity index (χ2v) is 3.06. The lowest BCUT2D eigenvalue weighted by Gasteiger charge is -2.09. The van der Waals surface area contributed by atoms with Crippen molar-refractivity contribution in [2.75, 3.05) is 11.9 Å². The average molecular weight is 176 g/mol. The summed E-state index contributed by atoms with van der Waals surface area (Å²) in [6.45, 7) is 4.33. The van der Waals surface area contributed by atoms with Gasteiger partial charge in [0.15, 0.2) is 11.6 Å². The van der Waals surface area contributed by atoms with Crippen LogP contribution in [-0.2, 0) is 6.54 Å². The van der Waals surface area contributed by atoms with Crippen LogP contribution in [0.1, 0.15) is 5.56 Å². The molecule has 1 aromatic carbocycles. The van der Waals surface area contributed by atoms with Gasteiger partial charge >= 0.3 is 0 Å². The molecule has 0 saturated heterocycles. The summed E-state index contributed by atoms with van der Waals surface area (Å²) in [6.07, 6.45) is 0. The number of anilines is 1. The minimum absolute atomic E-state index is 0.549. The molecule has 0 spiro atoms. The van der Waals surface area contributed by atoms with E-state index in [0.29, 0.717) is 12.4 Å². The molecule has 0 amide bonds. The molecule has 0 aliphatic carbocycles. The molecule has 0 unspecified atom stereocenters. The zero-order chi connectivity index (χ0) is 9.42. The molecule has 1 aliphatic rings. The Labute approximate surface area is 77.4 Å². The van der Waals surface area contributed by atoms with Crippen LogP contribution in [0.2, 0.25) is 0 Å². The maximum absolute atomic E-state index is 5.54. The summed E-state index contributed by atoms with van der Waals surface area (Å²) in [5, 5.41) is 0. The molecule has 0 bridgehead atoms. The van der Waals surface area contributed by atoms with E-state index < -0.39 is 0 Å². The van der Waals surface area contributed by atoms with Crippen molar-refractivity contribution in [3.8, 4) is 5.75 Å². The number of rotatable bonds is 1. The predicted octanol–water partition coefficient (Wildman–Crippen LogP) is 1.45. The Morgan fingerprint density at radius 1 is 1.54 bits per heavy atom. The van der Waals surface area contributed by atoms with Crippen LogP contribution in [0.25, 0.3) is 0 Å². The molecule has 2 N–H and O–H groups in total. The largest absolute Gasteiger partial charge is 0.439 e. The molecule has 3 nitrogen and oxygen atoms in total. The first kappa shape index (κ1) is 8.13. The quantitative estimate of drug-likeness (QED) is 0.703. The number of nitrogens with zero attached hydrogens (tertiary/aromatic N) is 1. The van der Waals surface area contributed by atoms with Crippen LogP contribution < -0.4 is 15.4 Å². The number of hydrogen-bond donors (Lipinski definition) is 1. The Bertz CT molecular complexity index is 360. The van der Waals surface area contributed by atoms with E-state index in [2.05, 4.69) is 6.58 Å². The fourth-order valence-corrected chi connectivity index (χ4v) is 1.37. The SMILES string of the molecule is C=C1Oc2ccc(CN)cc2N1C. The van der Waals surface area contributed by atoms with Crippen LogP contribution >= 0.6 is 0 Å². The van der Waals surface area contributed by atoms with Gasteiger partial charge in [-0.05, 0) is 24.3 Å². The van der Waals surface area contributed by atoms with Gasteiger partial charge in [0, 0.05) is 13.6 Å². The number of ether oxygens (including phenoxy) is 1. The summed E-state index contributed by atoms with van der Waals surface area (Å²) in [5.74, 6) is 1.51. The van der Waals surface area contributed by atoms with Gasteiger partial charge in [-0.15, -0.1) is 0 Å². The van der Waals surface area contributed by atoms with E-state index in [4.69, 9.17) is 10.5 Å². The van der Waals surface area contributed by atoms with Crippen molar-refractivity contribution >= 4 is 5.69 Å². The Morgan fingerprint density at radius 2 is 2.31 bits per heavy atom. The highest BCUT2D eigenvalue weighted by Gasteiger charge is 2.20. The highest BCUT2D eigenvalue weighted by atomic mass is 16.5. The van der Waals surface area contributed by atoms with Gasteiger partial charge < -0.3 is 15.4 Å². The zero-order valence-corrected chi connectivity index (χ0v) is 7.58. The van der Waals surface area contributed by atoms with Gasteiger partial charge in [-0.3, -0.25) is 0 Å². The number of benzene rings is 1. The molecule has 1 aliphatic heterocycles. The first-order valence-electron chi connectivity index (χ1n) is 4.16. The summed E-state index contributed by atoms with van der Waals surface area (Å²) < 4.78 is 5.41. The Hall–Kier alpha value is -1.48. The van der Waals surface area contributed by atoms with Crippen LogP contribution in [-0.4, -0.2) is 7.05 Å². The minimum Gasteiger partial charge on any atom is -0.439 e. The van der Waals surface area contributed by atoms with E-state index in [1.165, 1.54) is 0 Å². The third kappa shape index (κ3) is 1.17. The van der Waals surface area contributed by atoms with Crippen molar-refractivity contribution in [2.24, 2.45) is 5.73 Å². The Balaban J connectivity index is 2.47. The first-order valence-corrected chi connectivity index (χ1v) is 4.16. The topological polar surface area (TPSA) is 38.5 Å². The molecule has 0 saturated carbocycles. The van der Waals surface area contributed by atoms with Crippen molar-refractivity contribution in [3.05, 3.63) is 36.2 Å². The second-order valence-electron chi connectivity index (χ2n) is 3.06. The Morgan fingerprint density at radius 3 is 3.00 bits per heavy atom. The second kappa shape index (κ2) is 2.78. The maximum atomic E-state index is 5.54. The fourth-order valence-electron chi connectivity index (χ4n) is 1.37. The standard InChI is InChI=1S/C10H12N2O/c1-7-12(2)9-5-8(6-11)3-4-10(9)13-7/h3-5H,1,6,11H2,2H3. The van der Waals surface area contributed by atoms with Gasteiger partial charge in [0.25, 0.3) is 0 Å². The van der Waals surface area contributed by atoms with Crippen molar-refractivity contribution in [3.63, 3.8) is 0 Å². The highest BCUT2D eigenvalue weighted by molar-refractivity contribution is 5.66. The van der Waals surface area contributed by atoms with Crippen LogP contribution in [0.5, 0.6) is 5.75 Å². The molecule has 1 aromatic rings. The van der Waals surface area contributed by atoms with Crippen LogP contribution in [0.4, 0.5) is 5.69 Å². The first-order chi connectivity index (χ1) is 6.22. The van der Waals surface area contributed by atoms with Gasteiger partial charge in [0.2, 0.25) is 0 Å². The van der Waals surface area contributed by atoms with E-state index >= 15 is 0 Å². The zero-order valence-electron chi connectivity index (χ0n) is 7.58. The number of fused-ring (bicyclic) bond motifs is 1. The van der Waals surface area contributed by atoms with Crippen LogP contribution in [0.3, 0.4) is 0 Å². The lowest BCUT2D eigenvalue weighted by atomic mass is 10.2. The highest BCUT2D eigenvalue weighted by Crippen LogP contribution is 2.37. The third-order valence-electron chi connectivity index (χ3n) is 2.22. The van der Waals surface area contributed by atoms with Crippen LogP contribution in [0.15, 0.2) is 30.7 Å². The number of hydrogen-bond acceptors (Lipinski definition) is 3. The summed E-state index contributed by atoms with van der Waals surface area (Å²) >= 11 is 0. The molecule has 0 fully saturated rings. The van der Waals surface area contributed by atoms with Crippen LogP contribution in [0, 0.1) is 0 Å². The molecule has 0 aromatic heterocycles. The monoisotopic (exact) mass is 176 g/mol. The van der Waals surface area contributed by atoms with Crippen molar-refractivity contribution < 1.29 is 4.74 Å². The predicted molar refractivity (Wildman–Crippen MR) is 52.5 cm³/mol. The fraction of sp³-hybridized carbons (Fsp3) is 0.200. The molecule has 0 radical (unpaired) electrons. The van der Waals surface area contributed by atoms with E-state index in [9.17, 15) is 0 Å². The summed E-state index contributed by atoms with van der Waals surface area (Å²) in [4.78, 5) is 1.91. The molecule has 13 heavy (non-hydrogen) atoms. The van der Waals surface area contributed by atoms with E-state index in [1.54, 1.807) is 0 Å². The van der Waals surface area contributed by atoms with Crippen molar-refractivity contribution in [1.82, 2.24) is 0 Å². The van der Waals surface area contributed by atoms with Crippen molar-refractivity contribution in [2.45, 2.75) is 6.54 Å². The summed E-state index contributed by atoms with van der Waals surface area (Å²) in [7, 11) is 1.93. The molecule has 3 heteroatoms. The van der Waals surface area contributed by atoms with E-state index in [1.807, 2.05) is 30.1 Å². The maximum Gasteiger partial charge on any atom is 0.193 e. The minimum atomic E-state index is 0.549. The van der Waals surface area contributed by atoms with E-state index in [-0.39, 0.29) is 0 Å². The smallest absolute Gasteiger partial charge is 0.193 e. The third-order valence-corrected chi connectivity index (χ3v) is 2.22. The Kier molecular flexibility index (Phi) is 1.74. The van der Waals surface area contributed by atoms with Gasteiger partial charge in [-0.1, -0.05) is 6.07 Å². The molecular formula is C10H12N2O. The normalized spacial score (nSPS) is 14.3. The summed E-state index contributed by atoms with van der Waals surface area (Å²) in [6, 6.07) is 5.91. The van der Waals surface area contributed by atoms with Gasteiger partial charge in [0.1, 0.15) is 0 Å². The molecule has 68 valence electrons. The number of nitrogens with two attached hydrogens (primary N) is 1. The van der Waals surface area contributed by atoms with Crippen molar-refractivity contribution in [1.29, 1.82) is 0 Å². The molecular weight excluding hydrogens is 164 g/mol. The lowest BCUT2D eigenvalue weighted by Crippen LogP contribution is -2.11. The van der Waals surface area contributed by atoms with Gasteiger partial charge in [0.05, 0.1) is 5.69 Å². The molecule has 2 rings (SSSR count). The summed E-state index contributed by atoms with van der Waals surface area (Å²) in [5.41, 5.74) is 7.68.